The first-order valence-corrected chi connectivity index (χ1v) is 7.99. The number of benzene rings is 1. The SMILES string of the molecule is CN(c1cccc(C(=O)O)c1[N+](=O)[O-])C1CCS(=O)(=O)C1. The Bertz CT molecular complexity index is 700. The number of nitro groups is 1. The molecule has 1 heterocycles. The van der Waals surface area contributed by atoms with Crippen LogP contribution in [0.5, 0.6) is 0 Å². The van der Waals surface area contributed by atoms with Crippen molar-refractivity contribution >= 4 is 27.2 Å². The molecule has 1 aromatic rings. The van der Waals surface area contributed by atoms with E-state index in [0.717, 1.165) is 6.07 Å². The number of rotatable bonds is 4. The van der Waals surface area contributed by atoms with Crippen LogP contribution in [0.3, 0.4) is 0 Å². The van der Waals surface area contributed by atoms with Gasteiger partial charge in [0.1, 0.15) is 11.3 Å². The fourth-order valence-electron chi connectivity index (χ4n) is 2.46. The lowest BCUT2D eigenvalue weighted by Gasteiger charge is -2.25. The van der Waals surface area contributed by atoms with Gasteiger partial charge < -0.3 is 10.0 Å². The number of carboxylic acids is 1. The van der Waals surface area contributed by atoms with E-state index in [2.05, 4.69) is 0 Å². The van der Waals surface area contributed by atoms with Crippen LogP contribution in [0.4, 0.5) is 11.4 Å². The van der Waals surface area contributed by atoms with Crippen molar-refractivity contribution in [2.75, 3.05) is 23.5 Å². The molecular formula is C12H14N2O6S. The summed E-state index contributed by atoms with van der Waals surface area (Å²) in [7, 11) is -1.59. The summed E-state index contributed by atoms with van der Waals surface area (Å²) >= 11 is 0. The van der Waals surface area contributed by atoms with Gasteiger partial charge in [-0.3, -0.25) is 10.1 Å². The Balaban J connectivity index is 2.46. The van der Waals surface area contributed by atoms with E-state index < -0.39 is 38.0 Å². The lowest BCUT2D eigenvalue weighted by Crippen LogP contribution is -2.33. The first-order valence-electron chi connectivity index (χ1n) is 6.17. The van der Waals surface area contributed by atoms with Crippen LogP contribution in [0.15, 0.2) is 18.2 Å². The van der Waals surface area contributed by atoms with E-state index in [1.807, 2.05) is 0 Å². The number of nitrogens with zero attached hydrogens (tertiary/aromatic N) is 2. The van der Waals surface area contributed by atoms with Crippen LogP contribution in [0.2, 0.25) is 0 Å². The van der Waals surface area contributed by atoms with Gasteiger partial charge in [-0.15, -0.1) is 0 Å². The van der Waals surface area contributed by atoms with Crippen LogP contribution in [-0.4, -0.2) is 49.0 Å². The van der Waals surface area contributed by atoms with Crippen LogP contribution < -0.4 is 4.90 Å². The van der Waals surface area contributed by atoms with Crippen LogP contribution in [0, 0.1) is 10.1 Å². The van der Waals surface area contributed by atoms with Gasteiger partial charge >= 0.3 is 11.7 Å². The minimum absolute atomic E-state index is 0.0361. The van der Waals surface area contributed by atoms with Gasteiger partial charge in [0.2, 0.25) is 0 Å². The third-order valence-electron chi connectivity index (χ3n) is 3.56. The summed E-state index contributed by atoms with van der Waals surface area (Å²) in [5.74, 6) is -1.44. The average molecular weight is 314 g/mol. The predicted molar refractivity (Wildman–Crippen MR) is 75.5 cm³/mol. The fraction of sp³-hybridized carbons (Fsp3) is 0.417. The van der Waals surface area contributed by atoms with E-state index in [4.69, 9.17) is 5.11 Å². The lowest BCUT2D eigenvalue weighted by molar-refractivity contribution is -0.384. The quantitative estimate of drug-likeness (QED) is 0.648. The van der Waals surface area contributed by atoms with Crippen LogP contribution in [0.25, 0.3) is 0 Å². The molecule has 0 radical (unpaired) electrons. The van der Waals surface area contributed by atoms with Crippen molar-refractivity contribution in [1.82, 2.24) is 0 Å². The molecule has 1 atom stereocenters. The number of carbonyl (C=O) groups is 1. The molecule has 2 rings (SSSR count). The Morgan fingerprint density at radius 3 is 2.62 bits per heavy atom. The van der Waals surface area contributed by atoms with Gasteiger partial charge in [-0.05, 0) is 18.6 Å². The van der Waals surface area contributed by atoms with E-state index in [1.165, 1.54) is 17.0 Å². The topological polar surface area (TPSA) is 118 Å². The molecule has 1 N–H and O–H groups in total. The van der Waals surface area contributed by atoms with Gasteiger partial charge in [-0.25, -0.2) is 13.2 Å². The largest absolute Gasteiger partial charge is 0.477 e. The molecule has 8 nitrogen and oxygen atoms in total. The van der Waals surface area contributed by atoms with Gasteiger partial charge in [0.25, 0.3) is 0 Å². The summed E-state index contributed by atoms with van der Waals surface area (Å²) in [6.07, 6.45) is 0.368. The minimum atomic E-state index is -3.14. The molecule has 114 valence electrons. The van der Waals surface area contributed by atoms with Gasteiger partial charge in [-0.2, -0.15) is 0 Å². The average Bonchev–Trinajstić information content (AvgIpc) is 2.77. The second-order valence-corrected chi connectivity index (χ2v) is 7.13. The lowest BCUT2D eigenvalue weighted by atomic mass is 10.1. The highest BCUT2D eigenvalue weighted by atomic mass is 32.2. The molecule has 0 spiro atoms. The first-order chi connectivity index (χ1) is 9.73. The highest BCUT2D eigenvalue weighted by Gasteiger charge is 2.34. The predicted octanol–water partition coefficient (Wildman–Crippen LogP) is 0.916. The van der Waals surface area contributed by atoms with Crippen LogP contribution in [-0.2, 0) is 9.84 Å². The second kappa shape index (κ2) is 5.32. The maximum atomic E-state index is 11.5. The molecular weight excluding hydrogens is 300 g/mol. The Morgan fingerprint density at radius 2 is 2.14 bits per heavy atom. The molecule has 1 unspecified atom stereocenters. The molecule has 0 amide bonds. The summed E-state index contributed by atoms with van der Waals surface area (Å²) in [5.41, 5.74) is -0.816. The molecule has 21 heavy (non-hydrogen) atoms. The summed E-state index contributed by atoms with van der Waals surface area (Å²) in [4.78, 5) is 23.0. The summed E-state index contributed by atoms with van der Waals surface area (Å²) in [5, 5.41) is 20.2. The Morgan fingerprint density at radius 1 is 1.48 bits per heavy atom. The first kappa shape index (κ1) is 15.2. The van der Waals surface area contributed by atoms with Crippen molar-refractivity contribution in [2.24, 2.45) is 0 Å². The highest BCUT2D eigenvalue weighted by molar-refractivity contribution is 7.91. The van der Waals surface area contributed by atoms with Crippen molar-refractivity contribution < 1.29 is 23.2 Å². The smallest absolute Gasteiger partial charge is 0.342 e. The van der Waals surface area contributed by atoms with Gasteiger partial charge in [0.05, 0.1) is 16.4 Å². The molecule has 1 aromatic carbocycles. The van der Waals surface area contributed by atoms with Crippen molar-refractivity contribution in [1.29, 1.82) is 0 Å². The second-order valence-electron chi connectivity index (χ2n) is 4.90. The third-order valence-corrected chi connectivity index (χ3v) is 5.31. The van der Waals surface area contributed by atoms with E-state index in [0.29, 0.717) is 6.42 Å². The Hall–Kier alpha value is -2.16. The van der Waals surface area contributed by atoms with E-state index in [9.17, 15) is 23.3 Å². The van der Waals surface area contributed by atoms with Crippen molar-refractivity contribution in [3.8, 4) is 0 Å². The van der Waals surface area contributed by atoms with Gasteiger partial charge in [0, 0.05) is 13.1 Å². The van der Waals surface area contributed by atoms with Gasteiger partial charge in [0.15, 0.2) is 9.84 Å². The summed E-state index contributed by atoms with van der Waals surface area (Å²) < 4.78 is 23.0. The molecule has 0 aliphatic carbocycles. The van der Waals surface area contributed by atoms with Crippen molar-refractivity contribution in [2.45, 2.75) is 12.5 Å². The maximum absolute atomic E-state index is 11.5. The molecule has 1 aliphatic rings. The van der Waals surface area contributed by atoms with Crippen LogP contribution in [0.1, 0.15) is 16.8 Å². The standard InChI is InChI=1S/C12H14N2O6S/c1-13(8-5-6-21(19,20)7-8)10-4-2-3-9(12(15)16)11(10)14(17)18/h2-4,8H,5-7H2,1H3,(H,15,16). The number of hydrogen-bond donors (Lipinski definition) is 1. The van der Waals surface area contributed by atoms with Crippen LogP contribution >= 0.6 is 0 Å². The molecule has 0 saturated carbocycles. The number of anilines is 1. The van der Waals surface area contributed by atoms with E-state index in [-0.39, 0.29) is 17.2 Å². The zero-order chi connectivity index (χ0) is 15.8. The number of aromatic carboxylic acids is 1. The molecule has 0 bridgehead atoms. The zero-order valence-corrected chi connectivity index (χ0v) is 12.0. The molecule has 0 aromatic heterocycles. The van der Waals surface area contributed by atoms with E-state index >= 15 is 0 Å². The number of carboxylic acid groups (broad SMARTS) is 1. The van der Waals surface area contributed by atoms with Crippen molar-refractivity contribution in [3.63, 3.8) is 0 Å². The summed E-state index contributed by atoms with van der Waals surface area (Å²) in [6.45, 7) is 0. The van der Waals surface area contributed by atoms with E-state index in [1.54, 1.807) is 7.05 Å². The Kier molecular flexibility index (Phi) is 3.86. The zero-order valence-electron chi connectivity index (χ0n) is 11.2. The number of hydrogen-bond acceptors (Lipinski definition) is 6. The van der Waals surface area contributed by atoms with Crippen molar-refractivity contribution in [3.05, 3.63) is 33.9 Å². The summed E-state index contributed by atoms with van der Waals surface area (Å²) in [6, 6.07) is 3.60. The number of sulfone groups is 1. The minimum Gasteiger partial charge on any atom is -0.477 e. The maximum Gasteiger partial charge on any atom is 0.342 e. The number of nitro benzene ring substituents is 1. The fourth-order valence-corrected chi connectivity index (χ4v) is 4.23. The molecule has 1 aliphatic heterocycles. The van der Waals surface area contributed by atoms with Gasteiger partial charge in [-0.1, -0.05) is 6.07 Å². The Labute approximate surface area is 121 Å². The molecule has 9 heteroatoms. The normalized spacial score (nSPS) is 20.1. The monoisotopic (exact) mass is 314 g/mol. The number of para-hydroxylation sites is 1. The highest BCUT2D eigenvalue weighted by Crippen LogP contribution is 2.34. The molecule has 1 fully saturated rings. The molecule has 1 saturated heterocycles. The third kappa shape index (κ3) is 2.97.